The molecule has 0 bridgehead atoms. The van der Waals surface area contributed by atoms with Crippen molar-refractivity contribution in [1.29, 1.82) is 0 Å². The molecule has 2 amide bonds. The third-order valence-electron chi connectivity index (χ3n) is 2.03. The van der Waals surface area contributed by atoms with E-state index in [-0.39, 0.29) is 24.4 Å². The van der Waals surface area contributed by atoms with Crippen molar-refractivity contribution in [2.24, 2.45) is 5.73 Å². The van der Waals surface area contributed by atoms with Gasteiger partial charge in [0.05, 0.1) is 6.54 Å². The lowest BCUT2D eigenvalue weighted by molar-refractivity contribution is 0.0927. The zero-order valence-corrected chi connectivity index (χ0v) is 10.6. The second kappa shape index (κ2) is 5.48. The standard InChI is InChI=1S/C10H17N5O3/c1-10(2,3)8-13-6(14-15-8)7(16)12-4-5-18-9(11)17/h4-5H2,1-3H3,(H2,11,17)(H,12,16)(H,13,14,15). The Labute approximate surface area is 104 Å². The normalized spacial score (nSPS) is 11.1. The van der Waals surface area contributed by atoms with E-state index in [0.717, 1.165) is 0 Å². The maximum Gasteiger partial charge on any atom is 0.404 e. The summed E-state index contributed by atoms with van der Waals surface area (Å²) in [5.41, 5.74) is 4.56. The van der Waals surface area contributed by atoms with Crippen LogP contribution in [-0.2, 0) is 10.2 Å². The number of H-pyrrole nitrogens is 1. The highest BCUT2D eigenvalue weighted by molar-refractivity contribution is 5.90. The number of nitrogens with one attached hydrogen (secondary N) is 2. The number of hydrogen-bond acceptors (Lipinski definition) is 5. The van der Waals surface area contributed by atoms with Gasteiger partial charge in [0.15, 0.2) is 0 Å². The fourth-order valence-electron chi connectivity index (χ4n) is 1.09. The predicted molar refractivity (Wildman–Crippen MR) is 63.0 cm³/mol. The lowest BCUT2D eigenvalue weighted by Gasteiger charge is -2.12. The van der Waals surface area contributed by atoms with Crippen molar-refractivity contribution in [2.75, 3.05) is 13.2 Å². The zero-order valence-electron chi connectivity index (χ0n) is 10.6. The number of amides is 2. The van der Waals surface area contributed by atoms with Gasteiger partial charge in [0.25, 0.3) is 5.91 Å². The molecular weight excluding hydrogens is 238 g/mol. The Morgan fingerprint density at radius 1 is 1.44 bits per heavy atom. The molecule has 8 nitrogen and oxygen atoms in total. The summed E-state index contributed by atoms with van der Waals surface area (Å²) in [5, 5.41) is 9.03. The summed E-state index contributed by atoms with van der Waals surface area (Å²) in [7, 11) is 0. The van der Waals surface area contributed by atoms with Gasteiger partial charge in [0.1, 0.15) is 12.4 Å². The van der Waals surface area contributed by atoms with Crippen LogP contribution in [0, 0.1) is 0 Å². The molecule has 0 aromatic carbocycles. The summed E-state index contributed by atoms with van der Waals surface area (Å²) >= 11 is 0. The molecule has 0 radical (unpaired) electrons. The first-order chi connectivity index (χ1) is 8.30. The molecule has 0 atom stereocenters. The van der Waals surface area contributed by atoms with E-state index in [0.29, 0.717) is 5.82 Å². The first-order valence-corrected chi connectivity index (χ1v) is 5.44. The molecule has 8 heteroatoms. The number of rotatable bonds is 4. The van der Waals surface area contributed by atoms with Gasteiger partial charge in [0, 0.05) is 5.41 Å². The Balaban J connectivity index is 2.47. The zero-order chi connectivity index (χ0) is 13.8. The fourth-order valence-corrected chi connectivity index (χ4v) is 1.09. The van der Waals surface area contributed by atoms with Crippen molar-refractivity contribution in [2.45, 2.75) is 26.2 Å². The van der Waals surface area contributed by atoms with E-state index in [1.807, 2.05) is 20.8 Å². The van der Waals surface area contributed by atoms with Gasteiger partial charge < -0.3 is 15.8 Å². The molecule has 4 N–H and O–H groups in total. The van der Waals surface area contributed by atoms with E-state index < -0.39 is 12.0 Å². The third kappa shape index (κ3) is 4.04. The molecule has 0 spiro atoms. The van der Waals surface area contributed by atoms with Crippen LogP contribution < -0.4 is 11.1 Å². The second-order valence-corrected chi connectivity index (χ2v) is 4.68. The molecule has 0 saturated heterocycles. The maximum atomic E-state index is 11.6. The summed E-state index contributed by atoms with van der Waals surface area (Å²) in [5.74, 6) is 0.245. The third-order valence-corrected chi connectivity index (χ3v) is 2.03. The number of hydrogen-bond donors (Lipinski definition) is 3. The van der Waals surface area contributed by atoms with Crippen LogP contribution in [-0.4, -0.2) is 40.3 Å². The van der Waals surface area contributed by atoms with Gasteiger partial charge in [-0.15, -0.1) is 5.10 Å². The molecule has 18 heavy (non-hydrogen) atoms. The number of ether oxygens (including phenoxy) is 1. The average Bonchev–Trinajstić information content (AvgIpc) is 2.72. The summed E-state index contributed by atoms with van der Waals surface area (Å²) < 4.78 is 4.46. The van der Waals surface area contributed by atoms with E-state index in [1.54, 1.807) is 0 Å². The first-order valence-electron chi connectivity index (χ1n) is 5.44. The highest BCUT2D eigenvalue weighted by atomic mass is 16.5. The molecule has 0 unspecified atom stereocenters. The molecule has 100 valence electrons. The molecule has 0 aliphatic heterocycles. The molecule has 0 aliphatic carbocycles. The Kier molecular flexibility index (Phi) is 4.24. The van der Waals surface area contributed by atoms with Gasteiger partial charge >= 0.3 is 6.09 Å². The minimum absolute atomic E-state index is 0.0115. The van der Waals surface area contributed by atoms with Gasteiger partial charge in [-0.05, 0) is 0 Å². The van der Waals surface area contributed by atoms with Crippen LogP contribution in [0.4, 0.5) is 4.79 Å². The van der Waals surface area contributed by atoms with Crippen molar-refractivity contribution < 1.29 is 14.3 Å². The van der Waals surface area contributed by atoms with Gasteiger partial charge in [-0.1, -0.05) is 20.8 Å². The van der Waals surface area contributed by atoms with Crippen LogP contribution in [0.25, 0.3) is 0 Å². The number of nitrogens with two attached hydrogens (primary N) is 1. The summed E-state index contributed by atoms with van der Waals surface area (Å²) in [6, 6.07) is 0. The minimum Gasteiger partial charge on any atom is -0.448 e. The number of carbonyl (C=O) groups excluding carboxylic acids is 2. The number of primary amides is 1. The van der Waals surface area contributed by atoms with Crippen LogP contribution >= 0.6 is 0 Å². The van der Waals surface area contributed by atoms with Crippen LogP contribution in [0.3, 0.4) is 0 Å². The molecule has 0 fully saturated rings. The van der Waals surface area contributed by atoms with Gasteiger partial charge in [0.2, 0.25) is 5.82 Å². The van der Waals surface area contributed by atoms with Crippen LogP contribution in [0.15, 0.2) is 0 Å². The average molecular weight is 255 g/mol. The van der Waals surface area contributed by atoms with Crippen LogP contribution in [0.5, 0.6) is 0 Å². The lowest BCUT2D eigenvalue weighted by atomic mass is 9.96. The maximum absolute atomic E-state index is 11.6. The summed E-state index contributed by atoms with van der Waals surface area (Å²) in [6.45, 7) is 6.03. The van der Waals surface area contributed by atoms with Crippen LogP contribution in [0.2, 0.25) is 0 Å². The molecule has 1 rings (SSSR count). The molecular formula is C10H17N5O3. The molecule has 0 aliphatic rings. The van der Waals surface area contributed by atoms with Crippen molar-refractivity contribution in [1.82, 2.24) is 20.5 Å². The van der Waals surface area contributed by atoms with E-state index in [4.69, 9.17) is 5.73 Å². The molecule has 0 saturated carbocycles. The quantitative estimate of drug-likeness (QED) is 0.650. The lowest BCUT2D eigenvalue weighted by Crippen LogP contribution is -2.29. The first kappa shape index (κ1) is 13.9. The van der Waals surface area contributed by atoms with Gasteiger partial charge in [-0.3, -0.25) is 9.89 Å². The van der Waals surface area contributed by atoms with E-state index in [2.05, 4.69) is 25.2 Å². The van der Waals surface area contributed by atoms with Crippen molar-refractivity contribution in [3.05, 3.63) is 11.6 Å². The smallest absolute Gasteiger partial charge is 0.404 e. The minimum atomic E-state index is -0.878. The largest absolute Gasteiger partial charge is 0.448 e. The molecule has 1 aromatic heterocycles. The highest BCUT2D eigenvalue weighted by Crippen LogP contribution is 2.17. The number of aromatic amines is 1. The summed E-state index contributed by atoms with van der Waals surface area (Å²) in [6.07, 6.45) is -0.878. The highest BCUT2D eigenvalue weighted by Gasteiger charge is 2.20. The monoisotopic (exact) mass is 255 g/mol. The number of aromatic nitrogens is 3. The van der Waals surface area contributed by atoms with Gasteiger partial charge in [-0.25, -0.2) is 9.78 Å². The summed E-state index contributed by atoms with van der Waals surface area (Å²) in [4.78, 5) is 26.0. The van der Waals surface area contributed by atoms with Crippen molar-refractivity contribution >= 4 is 12.0 Å². The SMILES string of the molecule is CC(C)(C)c1nc(C(=O)NCCOC(N)=O)n[nH]1. The van der Waals surface area contributed by atoms with E-state index in [9.17, 15) is 9.59 Å². The number of carbonyl (C=O) groups is 2. The van der Waals surface area contributed by atoms with Crippen LogP contribution in [0.1, 0.15) is 37.2 Å². The fraction of sp³-hybridized carbons (Fsp3) is 0.600. The molecule has 1 aromatic rings. The predicted octanol–water partition coefficient (Wildman–Crippen LogP) is -0.0727. The van der Waals surface area contributed by atoms with Crippen molar-refractivity contribution in [3.63, 3.8) is 0 Å². The Morgan fingerprint density at radius 3 is 2.61 bits per heavy atom. The topological polar surface area (TPSA) is 123 Å². The molecule has 1 heterocycles. The second-order valence-electron chi connectivity index (χ2n) is 4.68. The number of nitrogens with zero attached hydrogens (tertiary/aromatic N) is 2. The Hall–Kier alpha value is -2.12. The van der Waals surface area contributed by atoms with E-state index in [1.165, 1.54) is 0 Å². The Bertz CT molecular complexity index is 435. The van der Waals surface area contributed by atoms with Gasteiger partial charge in [-0.2, -0.15) is 0 Å². The van der Waals surface area contributed by atoms with Crippen molar-refractivity contribution in [3.8, 4) is 0 Å². The Morgan fingerprint density at radius 2 is 2.11 bits per heavy atom. The van der Waals surface area contributed by atoms with E-state index >= 15 is 0 Å².